The summed E-state index contributed by atoms with van der Waals surface area (Å²) in [6.07, 6.45) is 4.69. The molecule has 0 heterocycles. The molecule has 4 heteroatoms. The van der Waals surface area contributed by atoms with Gasteiger partial charge in [0.05, 0.1) is 6.10 Å². The zero-order valence-electron chi connectivity index (χ0n) is 11.5. The van der Waals surface area contributed by atoms with Crippen LogP contribution in [-0.2, 0) is 9.53 Å². The quantitative estimate of drug-likeness (QED) is 0.488. The Bertz CT molecular complexity index is 186. The molecule has 1 saturated carbocycles. The van der Waals surface area contributed by atoms with Gasteiger partial charge in [-0.05, 0) is 32.6 Å². The molecule has 0 saturated heterocycles. The molecular formula is C13H24LiNO2-2. The fourth-order valence-electron chi connectivity index (χ4n) is 1.47. The van der Waals surface area contributed by atoms with E-state index in [0.29, 0.717) is 12.1 Å². The van der Waals surface area contributed by atoms with Crippen molar-refractivity contribution in [1.29, 1.82) is 0 Å². The predicted octanol–water partition coefficient (Wildman–Crippen LogP) is -1.02. The third kappa shape index (κ3) is 9.73. The fraction of sp³-hybridized carbons (Fsp3) is 0.692. The molecular weight excluding hydrogens is 209 g/mol. The van der Waals surface area contributed by atoms with Gasteiger partial charge in [-0.2, -0.15) is 12.8 Å². The van der Waals surface area contributed by atoms with Gasteiger partial charge in [0.15, 0.2) is 0 Å². The van der Waals surface area contributed by atoms with Crippen LogP contribution in [0.1, 0.15) is 32.6 Å². The Labute approximate surface area is 118 Å². The molecule has 0 aromatic heterocycles. The second-order valence-electron chi connectivity index (χ2n) is 4.12. The number of ketones is 1. The first-order valence-electron chi connectivity index (χ1n) is 5.77. The Balaban J connectivity index is 0. The van der Waals surface area contributed by atoms with Gasteiger partial charge in [-0.1, -0.05) is 0 Å². The molecule has 0 amide bonds. The van der Waals surface area contributed by atoms with Gasteiger partial charge in [0.25, 0.3) is 0 Å². The van der Waals surface area contributed by atoms with Crippen LogP contribution in [-0.4, -0.2) is 31.1 Å². The Morgan fingerprint density at radius 2 is 1.82 bits per heavy atom. The van der Waals surface area contributed by atoms with E-state index in [1.807, 2.05) is 7.05 Å². The molecule has 96 valence electrons. The molecule has 1 fully saturated rings. The molecule has 0 aromatic carbocycles. The van der Waals surface area contributed by atoms with Crippen molar-refractivity contribution >= 4 is 5.78 Å². The van der Waals surface area contributed by atoms with Crippen LogP contribution in [0.5, 0.6) is 0 Å². The van der Waals surface area contributed by atoms with E-state index in [1.54, 1.807) is 0 Å². The third-order valence-corrected chi connectivity index (χ3v) is 2.53. The summed E-state index contributed by atoms with van der Waals surface area (Å²) in [4.78, 5) is 9.33. The van der Waals surface area contributed by atoms with Crippen LogP contribution in [0, 0.1) is 20.8 Å². The fourth-order valence-corrected chi connectivity index (χ4v) is 1.47. The largest absolute Gasteiger partial charge is 1.00 e. The van der Waals surface area contributed by atoms with E-state index in [9.17, 15) is 4.79 Å². The molecule has 3 nitrogen and oxygen atoms in total. The van der Waals surface area contributed by atoms with E-state index >= 15 is 0 Å². The molecule has 0 bridgehead atoms. The summed E-state index contributed by atoms with van der Waals surface area (Å²) in [5.41, 5.74) is 0. The normalized spacial score (nSPS) is 21.9. The summed E-state index contributed by atoms with van der Waals surface area (Å²) in [7, 11) is 2.00. The maximum atomic E-state index is 9.33. The molecule has 0 aliphatic heterocycles. The van der Waals surface area contributed by atoms with Gasteiger partial charge >= 0.3 is 18.9 Å². The number of nitrogens with one attached hydrogen (secondary N) is 1. The number of carbonyl (C=O) groups is 1. The zero-order valence-corrected chi connectivity index (χ0v) is 11.5. The summed E-state index contributed by atoms with van der Waals surface area (Å²) in [6, 6.07) is 0.672. The summed E-state index contributed by atoms with van der Waals surface area (Å²) < 4.78 is 5.75. The van der Waals surface area contributed by atoms with E-state index < -0.39 is 0 Å². The average molecular weight is 233 g/mol. The second kappa shape index (κ2) is 11.2. The van der Waals surface area contributed by atoms with Crippen molar-refractivity contribution in [1.82, 2.24) is 5.32 Å². The number of ether oxygens (including phenoxy) is 1. The maximum absolute atomic E-state index is 9.33. The molecule has 0 radical (unpaired) electrons. The Morgan fingerprint density at radius 3 is 2.12 bits per heavy atom. The van der Waals surface area contributed by atoms with Crippen molar-refractivity contribution in [3.63, 3.8) is 0 Å². The number of hydrogen-bond acceptors (Lipinski definition) is 3. The Morgan fingerprint density at radius 1 is 1.41 bits per heavy atom. The SMILES string of the molecule is [CH2-]C(C)=O.[CH2-]CC(C[CH2-])OC1CC(NC)C1.[Li+]. The minimum atomic E-state index is -0.0833. The van der Waals surface area contributed by atoms with E-state index in [-0.39, 0.29) is 30.7 Å². The molecule has 1 aliphatic carbocycles. The van der Waals surface area contributed by atoms with Gasteiger partial charge in [-0.25, -0.2) is 0 Å². The van der Waals surface area contributed by atoms with Gasteiger partial charge in [-0.15, -0.1) is 0 Å². The van der Waals surface area contributed by atoms with Gasteiger partial charge in [0.2, 0.25) is 0 Å². The Kier molecular flexibility index (Phi) is 12.7. The van der Waals surface area contributed by atoms with Crippen LogP contribution in [0.4, 0.5) is 0 Å². The van der Waals surface area contributed by atoms with Crippen molar-refractivity contribution in [2.45, 2.75) is 50.9 Å². The van der Waals surface area contributed by atoms with Crippen LogP contribution in [0.2, 0.25) is 0 Å². The van der Waals surface area contributed by atoms with E-state index in [2.05, 4.69) is 26.1 Å². The molecule has 0 atom stereocenters. The van der Waals surface area contributed by atoms with Crippen molar-refractivity contribution in [2.24, 2.45) is 0 Å². The van der Waals surface area contributed by atoms with E-state index in [1.165, 1.54) is 6.92 Å². The maximum Gasteiger partial charge on any atom is 1.00 e. The van der Waals surface area contributed by atoms with Crippen LogP contribution in [0.3, 0.4) is 0 Å². The van der Waals surface area contributed by atoms with Gasteiger partial charge in [0.1, 0.15) is 0 Å². The summed E-state index contributed by atoms with van der Waals surface area (Å²) in [5.74, 6) is -0.0833. The van der Waals surface area contributed by atoms with Gasteiger partial charge < -0.3 is 35.6 Å². The van der Waals surface area contributed by atoms with Crippen LogP contribution < -0.4 is 24.2 Å². The van der Waals surface area contributed by atoms with Crippen molar-refractivity contribution in [2.75, 3.05) is 7.05 Å². The van der Waals surface area contributed by atoms with Crippen LogP contribution in [0.25, 0.3) is 0 Å². The third-order valence-electron chi connectivity index (χ3n) is 2.53. The van der Waals surface area contributed by atoms with Crippen LogP contribution in [0.15, 0.2) is 0 Å². The van der Waals surface area contributed by atoms with Gasteiger partial charge in [0, 0.05) is 12.1 Å². The number of rotatable bonds is 5. The molecule has 0 unspecified atom stereocenters. The van der Waals surface area contributed by atoms with Gasteiger partial charge in [-0.3, -0.25) is 0 Å². The monoisotopic (exact) mass is 233 g/mol. The van der Waals surface area contributed by atoms with E-state index in [0.717, 1.165) is 25.7 Å². The minimum absolute atomic E-state index is 0. The predicted molar refractivity (Wildman–Crippen MR) is 66.7 cm³/mol. The first kappa shape index (κ1) is 19.4. The Hall–Kier alpha value is 0.0574. The summed E-state index contributed by atoms with van der Waals surface area (Å²) >= 11 is 0. The number of hydrogen-bond donors (Lipinski definition) is 1. The van der Waals surface area contributed by atoms with Crippen molar-refractivity contribution in [3.8, 4) is 0 Å². The van der Waals surface area contributed by atoms with Crippen LogP contribution >= 0.6 is 0 Å². The molecule has 17 heavy (non-hydrogen) atoms. The number of carbonyl (C=O) groups excluding carboxylic acids is 1. The standard InChI is InChI=1S/C10H19NO.C3H5O.Li/c1-4-9(5-2)12-10-6-8(7-10)11-3;1-3(2)4;/h8-11H,1-2,4-7H2,3H3;1H2,2H3;/q-2;-1;+1. The second-order valence-corrected chi connectivity index (χ2v) is 4.12. The van der Waals surface area contributed by atoms with Crippen molar-refractivity contribution in [3.05, 3.63) is 20.8 Å². The minimum Gasteiger partial charge on any atom is -0.380 e. The molecule has 0 aromatic rings. The zero-order chi connectivity index (χ0) is 12.6. The molecule has 1 N–H and O–H groups in total. The summed E-state index contributed by atoms with van der Waals surface area (Å²) in [6.45, 7) is 12.1. The smallest absolute Gasteiger partial charge is 0.380 e. The average Bonchev–Trinajstić information content (AvgIpc) is 2.16. The molecule has 1 rings (SSSR count). The molecule has 1 aliphatic rings. The first-order valence-corrected chi connectivity index (χ1v) is 5.77. The topological polar surface area (TPSA) is 38.3 Å². The summed E-state index contributed by atoms with van der Waals surface area (Å²) in [5, 5.41) is 3.23. The molecule has 0 spiro atoms. The van der Waals surface area contributed by atoms with Crippen molar-refractivity contribution < 1.29 is 28.4 Å². The number of Topliss-reactive ketones (excluding diaryl/α,β-unsaturated/α-hetero) is 1. The van der Waals surface area contributed by atoms with E-state index in [4.69, 9.17) is 4.74 Å². The first-order chi connectivity index (χ1) is 7.53.